The van der Waals surface area contributed by atoms with E-state index in [1.54, 1.807) is 0 Å². The Balaban J connectivity index is 0.000000747. The molecule has 0 aliphatic heterocycles. The van der Waals surface area contributed by atoms with Crippen molar-refractivity contribution in [1.82, 2.24) is 14.5 Å². The molecule has 0 atom stereocenters. The molecule has 5 aromatic rings. The third kappa shape index (κ3) is 6.05. The summed E-state index contributed by atoms with van der Waals surface area (Å²) in [5.74, 6) is -0.0546. The number of para-hydroxylation sites is 1. The minimum atomic E-state index is -0.833. The number of hydrogen-bond acceptors (Lipinski definition) is 5. The number of hydrogen-bond donors (Lipinski definition) is 3. The van der Waals surface area contributed by atoms with Crippen LogP contribution in [-0.4, -0.2) is 32.2 Å². The normalized spacial score (nSPS) is 10.8. The highest BCUT2D eigenvalue weighted by atomic mass is 16.5. The zero-order chi connectivity index (χ0) is 26.4. The molecule has 0 unspecified atom stereocenters. The number of aryl methyl sites for hydroxylation is 2. The van der Waals surface area contributed by atoms with E-state index in [4.69, 9.17) is 25.4 Å². The third-order valence-corrected chi connectivity index (χ3v) is 5.90. The highest BCUT2D eigenvalue weighted by Gasteiger charge is 2.16. The third-order valence-electron chi connectivity index (χ3n) is 5.90. The van der Waals surface area contributed by atoms with Crippen molar-refractivity contribution in [1.29, 1.82) is 0 Å². The molecule has 5 rings (SSSR count). The molecule has 3 aromatic carbocycles. The summed E-state index contributed by atoms with van der Waals surface area (Å²) < 4.78 is 8.18. The Bertz CT molecular complexity index is 1580. The molecule has 0 bridgehead atoms. The molecule has 0 aliphatic rings. The first-order chi connectivity index (χ1) is 17.9. The van der Waals surface area contributed by atoms with Gasteiger partial charge >= 0.3 is 0 Å². The lowest BCUT2D eigenvalue weighted by Gasteiger charge is -2.08. The number of aromatic amines is 1. The smallest absolute Gasteiger partial charge is 0.300 e. The highest BCUT2D eigenvalue weighted by molar-refractivity contribution is 5.96. The quantitative estimate of drug-likeness (QED) is 0.294. The fourth-order valence-corrected chi connectivity index (χ4v) is 4.17. The lowest BCUT2D eigenvalue weighted by Crippen LogP contribution is -2.12. The van der Waals surface area contributed by atoms with Crippen LogP contribution in [0.15, 0.2) is 77.7 Å². The van der Waals surface area contributed by atoms with Gasteiger partial charge in [0.2, 0.25) is 0 Å². The minimum Gasteiger partial charge on any atom is -0.489 e. The second-order valence-electron chi connectivity index (χ2n) is 8.73. The first-order valence-electron chi connectivity index (χ1n) is 12.1. The Labute approximate surface area is 214 Å². The van der Waals surface area contributed by atoms with Crippen molar-refractivity contribution in [3.05, 3.63) is 94.4 Å². The molecule has 8 nitrogen and oxygen atoms in total. The fourth-order valence-electron chi connectivity index (χ4n) is 4.17. The van der Waals surface area contributed by atoms with Gasteiger partial charge in [-0.2, -0.15) is 0 Å². The van der Waals surface area contributed by atoms with E-state index in [0.717, 1.165) is 64.3 Å². The van der Waals surface area contributed by atoms with Crippen LogP contribution in [0.5, 0.6) is 5.75 Å². The van der Waals surface area contributed by atoms with Crippen molar-refractivity contribution in [2.24, 2.45) is 5.73 Å². The van der Waals surface area contributed by atoms with Crippen molar-refractivity contribution in [3.8, 4) is 17.0 Å². The molecule has 0 spiro atoms. The number of carbonyl (C=O) groups is 1. The molecule has 0 saturated carbocycles. The molecular weight excluding hydrogens is 468 g/mol. The first kappa shape index (κ1) is 25.7. The van der Waals surface area contributed by atoms with Gasteiger partial charge in [-0.15, -0.1) is 0 Å². The molecule has 2 aromatic heterocycles. The van der Waals surface area contributed by atoms with Crippen LogP contribution >= 0.6 is 0 Å². The fraction of sp³-hybridized carbons (Fsp3) is 0.207. The van der Waals surface area contributed by atoms with E-state index in [1.165, 1.54) is 0 Å². The topological polar surface area (TPSA) is 123 Å². The minimum absolute atomic E-state index is 0.195. The number of ether oxygens (including phenoxy) is 1. The molecule has 8 heteroatoms. The van der Waals surface area contributed by atoms with Crippen molar-refractivity contribution < 1.29 is 14.6 Å². The van der Waals surface area contributed by atoms with Gasteiger partial charge in [-0.3, -0.25) is 9.59 Å². The van der Waals surface area contributed by atoms with Crippen molar-refractivity contribution in [2.45, 2.75) is 33.4 Å². The van der Waals surface area contributed by atoms with E-state index in [1.807, 2.05) is 79.9 Å². The summed E-state index contributed by atoms with van der Waals surface area (Å²) in [5, 5.41) is 8.38. The molecule has 190 valence electrons. The van der Waals surface area contributed by atoms with Crippen LogP contribution in [0.2, 0.25) is 0 Å². The van der Waals surface area contributed by atoms with E-state index in [0.29, 0.717) is 18.8 Å². The lowest BCUT2D eigenvalue weighted by molar-refractivity contribution is -0.134. The number of carboxylic acid groups (broad SMARTS) is 1. The van der Waals surface area contributed by atoms with Gasteiger partial charge in [0.15, 0.2) is 0 Å². The second-order valence-corrected chi connectivity index (χ2v) is 8.73. The zero-order valence-corrected chi connectivity index (χ0v) is 20.9. The SMILES string of the molecule is CC(=O)O.Cc1cccc2nc(-c3cn(CCCN)c4cc(OCc5ccccc5)ccc34)c(=O)[nH]c12. The van der Waals surface area contributed by atoms with Crippen LogP contribution in [0.4, 0.5) is 0 Å². The van der Waals surface area contributed by atoms with E-state index in [9.17, 15) is 4.79 Å². The second kappa shape index (κ2) is 11.5. The Morgan fingerprint density at radius 3 is 2.59 bits per heavy atom. The predicted octanol–water partition coefficient (Wildman–Crippen LogP) is 4.87. The Kier molecular flexibility index (Phi) is 8.00. The van der Waals surface area contributed by atoms with Gasteiger partial charge in [0.1, 0.15) is 18.1 Å². The number of carboxylic acids is 1. The summed E-state index contributed by atoms with van der Waals surface area (Å²) >= 11 is 0. The van der Waals surface area contributed by atoms with Crippen LogP contribution in [0, 0.1) is 6.92 Å². The number of nitrogens with zero attached hydrogens (tertiary/aromatic N) is 2. The van der Waals surface area contributed by atoms with Crippen molar-refractivity contribution >= 4 is 27.9 Å². The van der Waals surface area contributed by atoms with E-state index < -0.39 is 5.97 Å². The first-order valence-corrected chi connectivity index (χ1v) is 12.1. The number of nitrogens with one attached hydrogen (secondary N) is 1. The van der Waals surface area contributed by atoms with Gasteiger partial charge in [-0.05, 0) is 49.2 Å². The Morgan fingerprint density at radius 2 is 1.86 bits per heavy atom. The molecule has 2 heterocycles. The van der Waals surface area contributed by atoms with Crippen LogP contribution in [0.1, 0.15) is 24.5 Å². The van der Waals surface area contributed by atoms with Crippen LogP contribution in [-0.2, 0) is 17.9 Å². The van der Waals surface area contributed by atoms with E-state index >= 15 is 0 Å². The standard InChI is InChI=1S/C27H26N4O2.C2H4O2/c1-18-7-5-10-23-25(18)30-27(32)26(29-23)22-16-31(14-6-13-28)24-15-20(11-12-21(22)24)33-17-19-8-3-2-4-9-19;1-2(3)4/h2-5,7-12,15-16H,6,13-14,17,28H2,1H3,(H,30,32);1H3,(H,3,4). The Morgan fingerprint density at radius 1 is 1.11 bits per heavy atom. The van der Waals surface area contributed by atoms with E-state index in [2.05, 4.69) is 9.55 Å². The number of fused-ring (bicyclic) bond motifs is 2. The summed E-state index contributed by atoms with van der Waals surface area (Å²) in [4.78, 5) is 29.8. The lowest BCUT2D eigenvalue weighted by atomic mass is 10.1. The molecule has 0 fully saturated rings. The van der Waals surface area contributed by atoms with Gasteiger partial charge < -0.3 is 25.1 Å². The van der Waals surface area contributed by atoms with E-state index in [-0.39, 0.29) is 5.56 Å². The molecule has 0 radical (unpaired) electrons. The maximum atomic E-state index is 13.0. The van der Waals surface area contributed by atoms with Crippen molar-refractivity contribution in [2.75, 3.05) is 6.54 Å². The number of benzene rings is 3. The number of H-pyrrole nitrogens is 1. The average Bonchev–Trinajstić information content (AvgIpc) is 3.24. The van der Waals surface area contributed by atoms with Crippen LogP contribution < -0.4 is 16.0 Å². The molecular formula is C29H30N4O4. The largest absolute Gasteiger partial charge is 0.489 e. The maximum absolute atomic E-state index is 13.0. The van der Waals surface area contributed by atoms with Crippen LogP contribution in [0.3, 0.4) is 0 Å². The average molecular weight is 499 g/mol. The van der Waals surface area contributed by atoms with Gasteiger partial charge in [0, 0.05) is 36.7 Å². The number of aromatic nitrogens is 3. The summed E-state index contributed by atoms with van der Waals surface area (Å²) in [6.45, 7) is 4.89. The van der Waals surface area contributed by atoms with Gasteiger partial charge in [0.05, 0.1) is 16.6 Å². The monoisotopic (exact) mass is 498 g/mol. The maximum Gasteiger partial charge on any atom is 0.300 e. The molecule has 0 saturated heterocycles. The summed E-state index contributed by atoms with van der Waals surface area (Å²) in [5.41, 5.74) is 11.5. The molecule has 0 aliphatic carbocycles. The molecule has 4 N–H and O–H groups in total. The van der Waals surface area contributed by atoms with Gasteiger partial charge in [-0.25, -0.2) is 4.98 Å². The van der Waals surface area contributed by atoms with Gasteiger partial charge in [0.25, 0.3) is 11.5 Å². The number of rotatable bonds is 7. The number of nitrogens with two attached hydrogens (primary N) is 1. The summed E-state index contributed by atoms with van der Waals surface area (Å²) in [6, 6.07) is 21.9. The summed E-state index contributed by atoms with van der Waals surface area (Å²) in [6.07, 6.45) is 2.83. The van der Waals surface area contributed by atoms with Crippen LogP contribution in [0.25, 0.3) is 33.2 Å². The highest BCUT2D eigenvalue weighted by Crippen LogP contribution is 2.32. The van der Waals surface area contributed by atoms with Gasteiger partial charge in [-0.1, -0.05) is 42.5 Å². The molecule has 0 amide bonds. The Hall–Kier alpha value is -4.43. The van der Waals surface area contributed by atoms with Crippen molar-refractivity contribution in [3.63, 3.8) is 0 Å². The zero-order valence-electron chi connectivity index (χ0n) is 20.9. The number of aliphatic carboxylic acids is 1. The predicted molar refractivity (Wildman–Crippen MR) is 146 cm³/mol. The summed E-state index contributed by atoms with van der Waals surface area (Å²) in [7, 11) is 0. The molecule has 37 heavy (non-hydrogen) atoms.